The highest BCUT2D eigenvalue weighted by Crippen LogP contribution is 2.38. The summed E-state index contributed by atoms with van der Waals surface area (Å²) in [5.74, 6) is 0.577. The van der Waals surface area contributed by atoms with Gasteiger partial charge in [-0.1, -0.05) is 30.7 Å². The molecule has 1 aromatic heterocycles. The zero-order chi connectivity index (χ0) is 27.5. The van der Waals surface area contributed by atoms with Gasteiger partial charge in [-0.05, 0) is 61.2 Å². The zero-order valence-corrected chi connectivity index (χ0v) is 22.8. The molecular formula is C28H36ClN3O6. The van der Waals surface area contributed by atoms with E-state index in [1.807, 2.05) is 56.3 Å². The van der Waals surface area contributed by atoms with Crippen LogP contribution in [0.4, 0.5) is 4.79 Å². The third kappa shape index (κ3) is 7.63. The Labute approximate surface area is 228 Å². The van der Waals surface area contributed by atoms with E-state index < -0.39 is 12.2 Å². The highest BCUT2D eigenvalue weighted by atomic mass is 35.5. The summed E-state index contributed by atoms with van der Waals surface area (Å²) < 4.78 is 15.1. The molecule has 0 saturated heterocycles. The summed E-state index contributed by atoms with van der Waals surface area (Å²) in [4.78, 5) is 28.6. The fourth-order valence-electron chi connectivity index (χ4n) is 4.20. The van der Waals surface area contributed by atoms with Gasteiger partial charge in [-0.3, -0.25) is 4.79 Å². The maximum atomic E-state index is 11.8. The fourth-order valence-corrected chi connectivity index (χ4v) is 4.37. The molecule has 3 N–H and O–H groups in total. The average Bonchev–Trinajstić information content (AvgIpc) is 3.31. The number of carbonyl (C=O) groups is 2. The van der Waals surface area contributed by atoms with Crippen LogP contribution in [0.15, 0.2) is 42.5 Å². The van der Waals surface area contributed by atoms with Gasteiger partial charge in [0.1, 0.15) is 18.5 Å². The number of nitrogens with one attached hydrogen (secondary N) is 2. The number of benzene rings is 2. The molecule has 2 atom stereocenters. The lowest BCUT2D eigenvalue weighted by Gasteiger charge is -2.33. The van der Waals surface area contributed by atoms with Crippen LogP contribution >= 0.6 is 11.6 Å². The minimum atomic E-state index is -0.876. The number of nitrogens with zero attached hydrogens (tertiary/aromatic N) is 1. The van der Waals surface area contributed by atoms with E-state index in [1.165, 1.54) is 5.56 Å². The molecular weight excluding hydrogens is 510 g/mol. The zero-order valence-electron chi connectivity index (χ0n) is 22.0. The molecule has 2 amide bonds. The Morgan fingerprint density at radius 1 is 1.26 bits per heavy atom. The molecule has 1 aliphatic rings. The lowest BCUT2D eigenvalue weighted by Crippen LogP contribution is -2.35. The molecule has 0 saturated carbocycles. The van der Waals surface area contributed by atoms with Gasteiger partial charge in [0, 0.05) is 41.9 Å². The third-order valence-electron chi connectivity index (χ3n) is 6.11. The number of methoxy groups -OCH3 is 1. The third-order valence-corrected chi connectivity index (χ3v) is 6.34. The topological polar surface area (TPSA) is 113 Å². The smallest absolute Gasteiger partial charge is 0.407 e. The van der Waals surface area contributed by atoms with Crippen molar-refractivity contribution in [3.63, 3.8) is 0 Å². The van der Waals surface area contributed by atoms with Gasteiger partial charge in [0.2, 0.25) is 6.41 Å². The van der Waals surface area contributed by atoms with Gasteiger partial charge in [0.25, 0.3) is 0 Å². The van der Waals surface area contributed by atoms with E-state index in [1.54, 1.807) is 12.0 Å². The first-order valence-electron chi connectivity index (χ1n) is 12.7. The van der Waals surface area contributed by atoms with Crippen LogP contribution in [0.25, 0.3) is 10.9 Å². The van der Waals surface area contributed by atoms with Crippen molar-refractivity contribution in [2.45, 2.75) is 38.8 Å². The lowest BCUT2D eigenvalue weighted by molar-refractivity contribution is -0.120. The van der Waals surface area contributed by atoms with Crippen LogP contribution in [-0.4, -0.2) is 73.6 Å². The number of carbonyl (C=O) groups excluding carboxylic acids is 2. The van der Waals surface area contributed by atoms with E-state index in [4.69, 9.17) is 21.1 Å². The van der Waals surface area contributed by atoms with Gasteiger partial charge in [-0.25, -0.2) is 4.79 Å². The van der Waals surface area contributed by atoms with Crippen LogP contribution in [0.1, 0.15) is 43.1 Å². The second-order valence-electron chi connectivity index (χ2n) is 8.83. The molecule has 0 radical (unpaired) electrons. The minimum Gasteiger partial charge on any atom is -0.491 e. The first-order chi connectivity index (χ1) is 18.4. The van der Waals surface area contributed by atoms with Crippen molar-refractivity contribution in [1.29, 1.82) is 0 Å². The second kappa shape index (κ2) is 14.6. The number of ether oxygens (including phenoxy) is 3. The van der Waals surface area contributed by atoms with Crippen LogP contribution in [0.5, 0.6) is 5.75 Å². The van der Waals surface area contributed by atoms with Gasteiger partial charge in [0.15, 0.2) is 0 Å². The van der Waals surface area contributed by atoms with E-state index >= 15 is 0 Å². The summed E-state index contributed by atoms with van der Waals surface area (Å²) in [6.45, 7) is 5.68. The summed E-state index contributed by atoms with van der Waals surface area (Å²) in [6, 6.07) is 13.0. The van der Waals surface area contributed by atoms with E-state index in [9.17, 15) is 14.7 Å². The van der Waals surface area contributed by atoms with Crippen LogP contribution < -0.4 is 10.1 Å². The SMILES string of the molecule is CCCOC(=O)NCC(O)COc1ccc(C2c3[nH]c4ccc(Cl)cc4c3CCN2C=O)cc1.CCOC. The summed E-state index contributed by atoms with van der Waals surface area (Å²) in [6.07, 6.45) is 0.931. The Morgan fingerprint density at radius 2 is 2.00 bits per heavy atom. The number of aromatic amines is 1. The van der Waals surface area contributed by atoms with Crippen LogP contribution in [0, 0.1) is 0 Å². The second-order valence-corrected chi connectivity index (χ2v) is 9.27. The first-order valence-corrected chi connectivity index (χ1v) is 13.1. The Morgan fingerprint density at radius 3 is 2.66 bits per heavy atom. The molecule has 0 fully saturated rings. The molecule has 2 aromatic carbocycles. The number of aromatic nitrogens is 1. The number of alkyl carbamates (subject to hydrolysis) is 1. The quantitative estimate of drug-likeness (QED) is 0.324. The normalized spacial score (nSPS) is 15.2. The van der Waals surface area contributed by atoms with E-state index in [-0.39, 0.29) is 19.2 Å². The molecule has 2 heterocycles. The number of H-pyrrole nitrogens is 1. The highest BCUT2D eigenvalue weighted by Gasteiger charge is 2.31. The predicted octanol–water partition coefficient (Wildman–Crippen LogP) is 4.45. The van der Waals surface area contributed by atoms with E-state index in [0.717, 1.165) is 48.0 Å². The van der Waals surface area contributed by atoms with Gasteiger partial charge in [-0.2, -0.15) is 0 Å². The Hall–Kier alpha value is -3.27. The number of fused-ring (bicyclic) bond motifs is 3. The summed E-state index contributed by atoms with van der Waals surface area (Å²) in [7, 11) is 1.68. The van der Waals surface area contributed by atoms with Gasteiger partial charge >= 0.3 is 6.09 Å². The molecule has 3 aromatic rings. The number of aliphatic hydroxyl groups is 1. The molecule has 10 heteroatoms. The number of aliphatic hydroxyl groups excluding tert-OH is 1. The summed E-state index contributed by atoms with van der Waals surface area (Å²) in [5, 5.41) is 14.3. The molecule has 206 valence electrons. The number of amides is 2. The van der Waals surface area contributed by atoms with Crippen molar-refractivity contribution in [2.24, 2.45) is 0 Å². The maximum absolute atomic E-state index is 11.8. The molecule has 0 aliphatic carbocycles. The van der Waals surface area contributed by atoms with Gasteiger partial charge in [-0.15, -0.1) is 0 Å². The number of hydrogen-bond acceptors (Lipinski definition) is 6. The van der Waals surface area contributed by atoms with Crippen molar-refractivity contribution < 1.29 is 28.9 Å². The average molecular weight is 546 g/mol. The van der Waals surface area contributed by atoms with Crippen LogP contribution in [0.3, 0.4) is 0 Å². The molecule has 0 bridgehead atoms. The number of halogens is 1. The van der Waals surface area contributed by atoms with Crippen molar-refractivity contribution in [3.05, 3.63) is 64.3 Å². The Balaban J connectivity index is 0.000000934. The molecule has 38 heavy (non-hydrogen) atoms. The van der Waals surface area contributed by atoms with E-state index in [0.29, 0.717) is 23.9 Å². The predicted molar refractivity (Wildman–Crippen MR) is 147 cm³/mol. The standard InChI is InChI=1S/C25H28ClN3O5.C3H8O/c1-2-11-33-25(32)27-13-18(31)14-34-19-6-3-16(4-7-19)24-23-20(9-10-29(24)15-30)21-12-17(26)5-8-22(21)28-23;1-3-4-2/h3-8,12,15,18,24,28,31H,2,9-11,13-14H2,1H3,(H,27,32);3H2,1-2H3. The highest BCUT2D eigenvalue weighted by molar-refractivity contribution is 6.31. The largest absolute Gasteiger partial charge is 0.491 e. The molecule has 9 nitrogen and oxygen atoms in total. The van der Waals surface area contributed by atoms with Gasteiger partial charge < -0.3 is 34.5 Å². The number of rotatable bonds is 10. The Kier molecular flexibility index (Phi) is 11.3. The molecule has 2 unspecified atom stereocenters. The van der Waals surface area contributed by atoms with E-state index in [2.05, 4.69) is 15.0 Å². The fraction of sp³-hybridized carbons (Fsp3) is 0.429. The first kappa shape index (κ1) is 29.3. The molecule has 4 rings (SSSR count). The minimum absolute atomic E-state index is 0.0181. The lowest BCUT2D eigenvalue weighted by atomic mass is 9.93. The van der Waals surface area contributed by atoms with Crippen molar-refractivity contribution in [2.75, 3.05) is 40.0 Å². The van der Waals surface area contributed by atoms with Crippen LogP contribution in [-0.2, 0) is 20.7 Å². The monoisotopic (exact) mass is 545 g/mol. The molecule has 1 aliphatic heterocycles. The van der Waals surface area contributed by atoms with Crippen molar-refractivity contribution >= 4 is 35.0 Å². The van der Waals surface area contributed by atoms with Crippen molar-refractivity contribution in [3.8, 4) is 5.75 Å². The number of hydrogen-bond donors (Lipinski definition) is 3. The summed E-state index contributed by atoms with van der Waals surface area (Å²) in [5.41, 5.74) is 4.10. The summed E-state index contributed by atoms with van der Waals surface area (Å²) >= 11 is 6.21. The molecule has 0 spiro atoms. The van der Waals surface area contributed by atoms with Crippen molar-refractivity contribution in [1.82, 2.24) is 15.2 Å². The van der Waals surface area contributed by atoms with Gasteiger partial charge in [0.05, 0.1) is 19.2 Å². The van der Waals surface area contributed by atoms with Crippen LogP contribution in [0.2, 0.25) is 5.02 Å². The Bertz CT molecular complexity index is 1180. The maximum Gasteiger partial charge on any atom is 0.407 e.